The maximum absolute atomic E-state index is 12.7. The maximum atomic E-state index is 12.7. The molecule has 0 amide bonds. The van der Waals surface area contributed by atoms with Gasteiger partial charge >= 0.3 is 0 Å². The standard InChI is InChI=1S/C25H27ClN4O2S/c1-4-5-14-32-21-13-9-7-11-19(21)23-22(17(3)31)16(2)27-24-28-25(29-30(23)24)33-15-18-10-6-8-12-20(18)26/h6-13,23H,4-5,14-15H2,1-3H3,(H,27,28,29). The zero-order chi connectivity index (χ0) is 23.4. The van der Waals surface area contributed by atoms with E-state index in [1.54, 1.807) is 11.6 Å². The lowest BCUT2D eigenvalue weighted by molar-refractivity contribution is -0.114. The average molecular weight is 483 g/mol. The summed E-state index contributed by atoms with van der Waals surface area (Å²) >= 11 is 7.82. The molecule has 1 aromatic heterocycles. The minimum atomic E-state index is -0.418. The monoisotopic (exact) mass is 482 g/mol. The van der Waals surface area contributed by atoms with Crippen LogP contribution in [0, 0.1) is 0 Å². The lowest BCUT2D eigenvalue weighted by Gasteiger charge is -2.29. The Bertz CT molecular complexity index is 1190. The third-order valence-corrected chi connectivity index (χ3v) is 6.75. The van der Waals surface area contributed by atoms with Crippen molar-refractivity contribution in [1.82, 2.24) is 14.8 Å². The zero-order valence-corrected chi connectivity index (χ0v) is 20.5. The molecule has 0 saturated heterocycles. The number of thioether (sulfide) groups is 1. The van der Waals surface area contributed by atoms with Gasteiger partial charge in [-0.25, -0.2) is 4.68 Å². The fourth-order valence-corrected chi connectivity index (χ4v) is 4.97. The number of unbranched alkanes of at least 4 members (excludes halogenated alkanes) is 1. The lowest BCUT2D eigenvalue weighted by atomic mass is 9.92. The summed E-state index contributed by atoms with van der Waals surface area (Å²) in [7, 11) is 0. The van der Waals surface area contributed by atoms with Crippen molar-refractivity contribution in [3.8, 4) is 5.75 Å². The molecule has 6 nitrogen and oxygen atoms in total. The molecule has 8 heteroatoms. The molecule has 33 heavy (non-hydrogen) atoms. The second-order valence-electron chi connectivity index (χ2n) is 7.90. The minimum absolute atomic E-state index is 0.0141. The molecule has 4 rings (SSSR count). The van der Waals surface area contributed by atoms with Gasteiger partial charge in [-0.1, -0.05) is 73.1 Å². The first-order chi connectivity index (χ1) is 16.0. The van der Waals surface area contributed by atoms with Crippen LogP contribution in [0.4, 0.5) is 5.95 Å². The van der Waals surface area contributed by atoms with Crippen LogP contribution in [0.3, 0.4) is 0 Å². The van der Waals surface area contributed by atoms with Crippen molar-refractivity contribution in [1.29, 1.82) is 0 Å². The van der Waals surface area contributed by atoms with Crippen LogP contribution in [0.1, 0.15) is 50.8 Å². The van der Waals surface area contributed by atoms with E-state index in [2.05, 4.69) is 12.2 Å². The van der Waals surface area contributed by atoms with E-state index < -0.39 is 6.04 Å². The Morgan fingerprint density at radius 1 is 1.21 bits per heavy atom. The molecule has 0 fully saturated rings. The van der Waals surface area contributed by atoms with Gasteiger partial charge in [0.15, 0.2) is 5.78 Å². The number of ketones is 1. The number of nitrogens with zero attached hydrogens (tertiary/aromatic N) is 3. The fraction of sp³-hybridized carbons (Fsp3) is 0.320. The molecule has 0 saturated carbocycles. The fourth-order valence-electron chi connectivity index (χ4n) is 3.86. The normalized spacial score (nSPS) is 15.2. The number of allylic oxidation sites excluding steroid dienone is 2. The Morgan fingerprint density at radius 2 is 1.97 bits per heavy atom. The summed E-state index contributed by atoms with van der Waals surface area (Å²) in [6, 6.07) is 15.2. The predicted octanol–water partition coefficient (Wildman–Crippen LogP) is 6.28. The molecule has 1 unspecified atom stereocenters. The number of para-hydroxylation sites is 1. The number of aromatic nitrogens is 3. The number of carbonyl (C=O) groups excluding carboxylic acids is 1. The number of nitrogens with one attached hydrogen (secondary N) is 1. The molecular weight excluding hydrogens is 456 g/mol. The molecule has 1 aliphatic heterocycles. The SMILES string of the molecule is CCCCOc1ccccc1C1C(C(C)=O)=C(C)Nc2nc(SCc3ccccc3Cl)nn21. The predicted molar refractivity (Wildman–Crippen MR) is 133 cm³/mol. The molecule has 3 aromatic rings. The van der Waals surface area contributed by atoms with Gasteiger partial charge in [-0.2, -0.15) is 4.98 Å². The number of benzene rings is 2. The van der Waals surface area contributed by atoms with Crippen LogP contribution in [0.2, 0.25) is 5.02 Å². The quantitative estimate of drug-likeness (QED) is 0.286. The van der Waals surface area contributed by atoms with E-state index in [0.717, 1.165) is 40.4 Å². The van der Waals surface area contributed by atoms with E-state index in [1.165, 1.54) is 11.8 Å². The molecule has 172 valence electrons. The lowest BCUT2D eigenvalue weighted by Crippen LogP contribution is -2.28. The molecule has 0 aliphatic carbocycles. The first-order valence-electron chi connectivity index (χ1n) is 11.0. The van der Waals surface area contributed by atoms with Crippen molar-refractivity contribution in [3.63, 3.8) is 0 Å². The van der Waals surface area contributed by atoms with Crippen molar-refractivity contribution in [2.45, 2.75) is 50.6 Å². The van der Waals surface area contributed by atoms with Gasteiger partial charge in [-0.05, 0) is 38.0 Å². The van der Waals surface area contributed by atoms with E-state index in [-0.39, 0.29) is 5.78 Å². The van der Waals surface area contributed by atoms with E-state index in [0.29, 0.717) is 29.0 Å². The zero-order valence-electron chi connectivity index (χ0n) is 19.0. The van der Waals surface area contributed by atoms with Gasteiger partial charge in [0, 0.05) is 27.6 Å². The summed E-state index contributed by atoms with van der Waals surface area (Å²) in [6.45, 7) is 6.24. The van der Waals surface area contributed by atoms with E-state index in [4.69, 9.17) is 26.4 Å². The second kappa shape index (κ2) is 10.4. The molecule has 2 aromatic carbocycles. The van der Waals surface area contributed by atoms with Crippen LogP contribution >= 0.6 is 23.4 Å². The van der Waals surface area contributed by atoms with Gasteiger partial charge in [-0.15, -0.1) is 5.10 Å². The number of anilines is 1. The number of rotatable bonds is 9. The first kappa shape index (κ1) is 23.4. The van der Waals surface area contributed by atoms with Crippen LogP contribution in [-0.4, -0.2) is 27.2 Å². The Morgan fingerprint density at radius 3 is 2.73 bits per heavy atom. The van der Waals surface area contributed by atoms with Crippen molar-refractivity contribution in [3.05, 3.63) is 76.0 Å². The second-order valence-corrected chi connectivity index (χ2v) is 9.25. The highest BCUT2D eigenvalue weighted by Crippen LogP contribution is 2.40. The Labute approximate surface area is 203 Å². The Balaban J connectivity index is 1.70. The molecule has 0 spiro atoms. The number of Topliss-reactive ketones (excluding diaryl/α,β-unsaturated/α-hetero) is 1. The molecule has 0 radical (unpaired) electrons. The average Bonchev–Trinajstić information content (AvgIpc) is 3.20. The molecule has 1 aliphatic rings. The number of fused-ring (bicyclic) bond motifs is 1. The highest BCUT2D eigenvalue weighted by atomic mass is 35.5. The largest absolute Gasteiger partial charge is 0.493 e. The number of hydrogen-bond acceptors (Lipinski definition) is 6. The van der Waals surface area contributed by atoms with Gasteiger partial charge in [0.05, 0.1) is 6.61 Å². The summed E-state index contributed by atoms with van der Waals surface area (Å²) in [4.78, 5) is 17.4. The summed E-state index contributed by atoms with van der Waals surface area (Å²) < 4.78 is 7.89. The van der Waals surface area contributed by atoms with Crippen LogP contribution in [0.5, 0.6) is 5.75 Å². The number of halogens is 1. The van der Waals surface area contributed by atoms with Crippen molar-refractivity contribution < 1.29 is 9.53 Å². The van der Waals surface area contributed by atoms with Gasteiger partial charge in [-0.3, -0.25) is 4.79 Å². The maximum Gasteiger partial charge on any atom is 0.227 e. The van der Waals surface area contributed by atoms with Gasteiger partial charge in [0.2, 0.25) is 11.1 Å². The van der Waals surface area contributed by atoms with E-state index in [9.17, 15) is 4.79 Å². The minimum Gasteiger partial charge on any atom is -0.493 e. The van der Waals surface area contributed by atoms with E-state index in [1.807, 2.05) is 55.5 Å². The molecule has 1 atom stereocenters. The van der Waals surface area contributed by atoms with Crippen molar-refractivity contribution in [2.75, 3.05) is 11.9 Å². The number of hydrogen-bond donors (Lipinski definition) is 1. The third kappa shape index (κ3) is 5.09. The summed E-state index contributed by atoms with van der Waals surface area (Å²) in [5, 5.41) is 9.38. The molecule has 0 bridgehead atoms. The molecule has 2 heterocycles. The summed E-state index contributed by atoms with van der Waals surface area (Å²) in [6.07, 6.45) is 2.01. The van der Waals surface area contributed by atoms with Gasteiger partial charge in [0.1, 0.15) is 11.8 Å². The number of carbonyl (C=O) groups is 1. The highest BCUT2D eigenvalue weighted by molar-refractivity contribution is 7.98. The topological polar surface area (TPSA) is 69.0 Å². The first-order valence-corrected chi connectivity index (χ1v) is 12.4. The third-order valence-electron chi connectivity index (χ3n) is 5.50. The smallest absolute Gasteiger partial charge is 0.227 e. The Hall–Kier alpha value is -2.77. The molecular formula is C25H27ClN4O2S. The highest BCUT2D eigenvalue weighted by Gasteiger charge is 2.34. The van der Waals surface area contributed by atoms with Crippen LogP contribution in [0.25, 0.3) is 0 Å². The van der Waals surface area contributed by atoms with Crippen LogP contribution in [-0.2, 0) is 10.5 Å². The molecule has 1 N–H and O–H groups in total. The Kier molecular flexibility index (Phi) is 7.40. The van der Waals surface area contributed by atoms with Gasteiger partial charge in [0.25, 0.3) is 0 Å². The number of ether oxygens (including phenoxy) is 1. The van der Waals surface area contributed by atoms with Crippen molar-refractivity contribution >= 4 is 35.1 Å². The van der Waals surface area contributed by atoms with Crippen molar-refractivity contribution in [2.24, 2.45) is 0 Å². The van der Waals surface area contributed by atoms with E-state index >= 15 is 0 Å². The summed E-state index contributed by atoms with van der Waals surface area (Å²) in [5.74, 6) is 2.00. The van der Waals surface area contributed by atoms with Crippen LogP contribution < -0.4 is 10.1 Å². The van der Waals surface area contributed by atoms with Crippen LogP contribution in [0.15, 0.2) is 65.0 Å². The summed E-state index contributed by atoms with van der Waals surface area (Å²) in [5.41, 5.74) is 3.35. The van der Waals surface area contributed by atoms with Gasteiger partial charge < -0.3 is 10.1 Å².